The third-order valence-electron chi connectivity index (χ3n) is 5.22. The summed E-state index contributed by atoms with van der Waals surface area (Å²) in [6.45, 7) is 6.45. The number of halogens is 1. The lowest BCUT2D eigenvalue weighted by molar-refractivity contribution is 0.174. The van der Waals surface area contributed by atoms with Gasteiger partial charge in [-0.2, -0.15) is 0 Å². The molecule has 1 aromatic carbocycles. The SMILES string of the molecule is CCC(CC)NCCn1c(Sc2cc3c(cc2Br)OCO3)cc2c(N)nccc21. The maximum atomic E-state index is 6.16. The van der Waals surface area contributed by atoms with Crippen molar-refractivity contribution < 1.29 is 9.47 Å². The van der Waals surface area contributed by atoms with E-state index >= 15 is 0 Å². The molecule has 0 amide bonds. The minimum absolute atomic E-state index is 0.264. The zero-order valence-corrected chi connectivity index (χ0v) is 19.0. The van der Waals surface area contributed by atoms with Crippen LogP contribution in [-0.4, -0.2) is 28.9 Å². The summed E-state index contributed by atoms with van der Waals surface area (Å²) in [7, 11) is 0. The Kier molecular flexibility index (Phi) is 6.22. The smallest absolute Gasteiger partial charge is 0.231 e. The number of pyridine rings is 1. The molecule has 3 N–H and O–H groups in total. The van der Waals surface area contributed by atoms with Gasteiger partial charge in [0.15, 0.2) is 11.5 Å². The first-order chi connectivity index (χ1) is 14.1. The molecule has 0 atom stereocenters. The van der Waals surface area contributed by atoms with Gasteiger partial charge in [-0.25, -0.2) is 4.98 Å². The maximum absolute atomic E-state index is 6.16. The van der Waals surface area contributed by atoms with E-state index in [0.717, 1.165) is 62.7 Å². The lowest BCUT2D eigenvalue weighted by Crippen LogP contribution is -2.30. The van der Waals surface area contributed by atoms with Crippen LogP contribution in [0, 0.1) is 0 Å². The van der Waals surface area contributed by atoms with E-state index in [0.29, 0.717) is 11.9 Å². The van der Waals surface area contributed by atoms with Gasteiger partial charge in [-0.3, -0.25) is 0 Å². The van der Waals surface area contributed by atoms with E-state index < -0.39 is 0 Å². The van der Waals surface area contributed by atoms with Crippen LogP contribution in [0.15, 0.2) is 44.9 Å². The zero-order chi connectivity index (χ0) is 20.4. The van der Waals surface area contributed by atoms with Crippen molar-refractivity contribution in [3.05, 3.63) is 34.9 Å². The number of ether oxygens (including phenoxy) is 2. The van der Waals surface area contributed by atoms with Gasteiger partial charge < -0.3 is 25.1 Å². The predicted octanol–water partition coefficient (Wildman–Crippen LogP) is 5.04. The molecule has 4 rings (SSSR count). The van der Waals surface area contributed by atoms with Crippen molar-refractivity contribution in [1.29, 1.82) is 0 Å². The van der Waals surface area contributed by atoms with Crippen molar-refractivity contribution in [3.63, 3.8) is 0 Å². The number of anilines is 1. The Labute approximate surface area is 183 Å². The second-order valence-electron chi connectivity index (χ2n) is 6.97. The Hall–Kier alpha value is -1.90. The molecule has 2 aromatic heterocycles. The standard InChI is InChI=1S/C21H25BrN4O2S/c1-3-13(4-2)24-7-8-26-16-5-6-25-21(23)14(16)9-20(26)29-19-11-18-17(10-15(19)22)27-12-28-18/h5-6,9-11,13,24H,3-4,7-8,12H2,1-2H3,(H2,23,25). The van der Waals surface area contributed by atoms with Crippen molar-refractivity contribution >= 4 is 44.4 Å². The van der Waals surface area contributed by atoms with Gasteiger partial charge in [-0.15, -0.1) is 0 Å². The van der Waals surface area contributed by atoms with Crippen LogP contribution < -0.4 is 20.5 Å². The summed E-state index contributed by atoms with van der Waals surface area (Å²) in [5.74, 6) is 2.10. The topological polar surface area (TPSA) is 74.3 Å². The molecule has 0 aliphatic carbocycles. The summed E-state index contributed by atoms with van der Waals surface area (Å²) in [6.07, 6.45) is 4.03. The summed E-state index contributed by atoms with van der Waals surface area (Å²) < 4.78 is 14.3. The molecule has 6 nitrogen and oxygen atoms in total. The molecule has 1 aliphatic heterocycles. The van der Waals surface area contributed by atoms with E-state index in [1.807, 2.05) is 18.2 Å². The minimum Gasteiger partial charge on any atom is -0.454 e. The number of benzene rings is 1. The summed E-state index contributed by atoms with van der Waals surface area (Å²) in [5.41, 5.74) is 7.26. The molecule has 1 aliphatic rings. The van der Waals surface area contributed by atoms with E-state index in [1.54, 1.807) is 18.0 Å². The van der Waals surface area contributed by atoms with Gasteiger partial charge in [0.25, 0.3) is 0 Å². The Morgan fingerprint density at radius 2 is 2.00 bits per heavy atom. The number of rotatable bonds is 8. The lowest BCUT2D eigenvalue weighted by Gasteiger charge is -2.17. The van der Waals surface area contributed by atoms with Crippen LogP contribution in [0.3, 0.4) is 0 Å². The third-order valence-corrected chi connectivity index (χ3v) is 7.24. The van der Waals surface area contributed by atoms with Crippen LogP contribution in [0.2, 0.25) is 0 Å². The zero-order valence-electron chi connectivity index (χ0n) is 16.6. The summed E-state index contributed by atoms with van der Waals surface area (Å²) >= 11 is 5.35. The predicted molar refractivity (Wildman–Crippen MR) is 121 cm³/mol. The number of nitrogens with two attached hydrogens (primary N) is 1. The normalized spacial score (nSPS) is 13.0. The molecule has 8 heteroatoms. The van der Waals surface area contributed by atoms with Crippen LogP contribution in [0.25, 0.3) is 10.9 Å². The first kappa shape index (κ1) is 20.4. The number of fused-ring (bicyclic) bond motifs is 2. The fourth-order valence-corrected chi connectivity index (χ4v) is 5.13. The molecule has 0 saturated carbocycles. The summed E-state index contributed by atoms with van der Waals surface area (Å²) in [4.78, 5) is 5.33. The molecular formula is C21H25BrN4O2S. The number of nitrogen functional groups attached to an aromatic ring is 1. The fourth-order valence-electron chi connectivity index (χ4n) is 3.54. The molecule has 0 bridgehead atoms. The van der Waals surface area contributed by atoms with Crippen LogP contribution in [0.1, 0.15) is 26.7 Å². The molecule has 154 valence electrons. The quantitative estimate of drug-likeness (QED) is 0.474. The average molecular weight is 477 g/mol. The molecule has 0 fully saturated rings. The van der Waals surface area contributed by atoms with Gasteiger partial charge in [0.1, 0.15) is 5.82 Å². The second kappa shape index (κ2) is 8.85. The van der Waals surface area contributed by atoms with Gasteiger partial charge in [0, 0.05) is 40.1 Å². The average Bonchev–Trinajstić information content (AvgIpc) is 3.31. The van der Waals surface area contributed by atoms with Crippen LogP contribution in [0.5, 0.6) is 11.5 Å². The minimum atomic E-state index is 0.264. The monoisotopic (exact) mass is 476 g/mol. The van der Waals surface area contributed by atoms with Gasteiger partial charge in [0.2, 0.25) is 6.79 Å². The van der Waals surface area contributed by atoms with Gasteiger partial charge in [0.05, 0.1) is 10.5 Å². The van der Waals surface area contributed by atoms with Gasteiger partial charge in [-0.05, 0) is 53.0 Å². The van der Waals surface area contributed by atoms with Crippen LogP contribution in [0.4, 0.5) is 5.82 Å². The summed E-state index contributed by atoms with van der Waals surface area (Å²) in [5, 5.41) is 5.75. The Balaban J connectivity index is 1.65. The van der Waals surface area contributed by atoms with E-state index in [4.69, 9.17) is 15.2 Å². The summed E-state index contributed by atoms with van der Waals surface area (Å²) in [6, 6.07) is 8.67. The highest BCUT2D eigenvalue weighted by atomic mass is 79.9. The molecular weight excluding hydrogens is 452 g/mol. The molecule has 0 radical (unpaired) electrons. The van der Waals surface area contributed by atoms with E-state index in [-0.39, 0.29) is 6.79 Å². The van der Waals surface area contributed by atoms with E-state index in [1.165, 1.54) is 0 Å². The Bertz CT molecular complexity index is 1020. The molecule has 3 aromatic rings. The highest BCUT2D eigenvalue weighted by molar-refractivity contribution is 9.10. The van der Waals surface area contributed by atoms with Gasteiger partial charge in [-0.1, -0.05) is 25.6 Å². The van der Waals surface area contributed by atoms with E-state index in [9.17, 15) is 0 Å². The highest BCUT2D eigenvalue weighted by Gasteiger charge is 2.19. The van der Waals surface area contributed by atoms with Crippen molar-refractivity contribution in [2.45, 2.75) is 49.2 Å². The highest BCUT2D eigenvalue weighted by Crippen LogP contribution is 2.44. The van der Waals surface area contributed by atoms with Crippen LogP contribution >= 0.6 is 27.7 Å². The second-order valence-corrected chi connectivity index (χ2v) is 8.89. The first-order valence-electron chi connectivity index (χ1n) is 9.84. The number of nitrogens with one attached hydrogen (secondary N) is 1. The van der Waals surface area contributed by atoms with Crippen molar-refractivity contribution in [2.75, 3.05) is 19.1 Å². The third kappa shape index (κ3) is 4.20. The lowest BCUT2D eigenvalue weighted by atomic mass is 10.2. The first-order valence-corrected chi connectivity index (χ1v) is 11.5. The Morgan fingerprint density at radius 3 is 2.76 bits per heavy atom. The molecule has 3 heterocycles. The Morgan fingerprint density at radius 1 is 1.24 bits per heavy atom. The molecule has 29 heavy (non-hydrogen) atoms. The van der Waals surface area contributed by atoms with Gasteiger partial charge >= 0.3 is 0 Å². The van der Waals surface area contributed by atoms with Crippen molar-refractivity contribution in [2.24, 2.45) is 0 Å². The molecule has 0 unspecified atom stereocenters. The molecule has 0 spiro atoms. The van der Waals surface area contributed by atoms with Crippen LogP contribution in [-0.2, 0) is 6.54 Å². The number of aromatic nitrogens is 2. The number of nitrogens with zero attached hydrogens (tertiary/aromatic N) is 2. The maximum Gasteiger partial charge on any atom is 0.231 e. The fraction of sp³-hybridized carbons (Fsp3) is 0.381. The van der Waals surface area contributed by atoms with Crippen molar-refractivity contribution in [3.8, 4) is 11.5 Å². The van der Waals surface area contributed by atoms with E-state index in [2.05, 4.69) is 50.7 Å². The van der Waals surface area contributed by atoms with Crippen molar-refractivity contribution in [1.82, 2.24) is 14.9 Å². The largest absolute Gasteiger partial charge is 0.454 e. The molecule has 0 saturated heterocycles. The number of hydrogen-bond donors (Lipinski definition) is 2. The number of hydrogen-bond acceptors (Lipinski definition) is 6.